The Morgan fingerprint density at radius 2 is 1.94 bits per heavy atom. The highest BCUT2D eigenvalue weighted by Crippen LogP contribution is 2.44. The fourth-order valence-electron chi connectivity index (χ4n) is 3.88. The van der Waals surface area contributed by atoms with Crippen molar-refractivity contribution in [2.45, 2.75) is 32.7 Å². The van der Waals surface area contributed by atoms with Crippen LogP contribution >= 0.6 is 11.3 Å². The molecule has 2 aromatic carbocycles. The SMILES string of the molecule is CCCCOc1ccc(C2C(C(=O)/C=C/c3ccccc3)=C(O)C(=O)N2c2nnc(C)s2)cc1OC. The van der Waals surface area contributed by atoms with E-state index in [0.717, 1.165) is 18.4 Å². The van der Waals surface area contributed by atoms with Gasteiger partial charge in [-0.1, -0.05) is 67.2 Å². The predicted molar refractivity (Wildman–Crippen MR) is 138 cm³/mol. The number of aromatic nitrogens is 2. The average Bonchev–Trinajstić information content (AvgIpc) is 3.43. The quantitative estimate of drug-likeness (QED) is 0.298. The number of rotatable bonds is 10. The van der Waals surface area contributed by atoms with Crippen LogP contribution < -0.4 is 14.4 Å². The lowest BCUT2D eigenvalue weighted by atomic mass is 9.95. The van der Waals surface area contributed by atoms with Crippen LogP contribution in [0.25, 0.3) is 6.08 Å². The Bertz CT molecular complexity index is 1320. The van der Waals surface area contributed by atoms with Crippen LogP contribution in [0.15, 0.2) is 65.9 Å². The molecule has 0 aliphatic carbocycles. The number of unbranched alkanes of at least 4 members (excludes halogenated alkanes) is 1. The molecule has 1 amide bonds. The van der Waals surface area contributed by atoms with Crippen molar-refractivity contribution >= 4 is 34.2 Å². The predicted octanol–water partition coefficient (Wildman–Crippen LogP) is 5.22. The van der Waals surface area contributed by atoms with Crippen molar-refractivity contribution in [2.24, 2.45) is 0 Å². The van der Waals surface area contributed by atoms with Crippen molar-refractivity contribution in [3.8, 4) is 11.5 Å². The summed E-state index contributed by atoms with van der Waals surface area (Å²) in [6.07, 6.45) is 4.89. The Morgan fingerprint density at radius 3 is 2.61 bits per heavy atom. The molecule has 4 rings (SSSR count). The van der Waals surface area contributed by atoms with Crippen LogP contribution in [0.3, 0.4) is 0 Å². The number of amides is 1. The lowest BCUT2D eigenvalue weighted by Gasteiger charge is -2.24. The van der Waals surface area contributed by atoms with E-state index >= 15 is 0 Å². The number of ether oxygens (including phenoxy) is 2. The molecule has 36 heavy (non-hydrogen) atoms. The minimum Gasteiger partial charge on any atom is -0.503 e. The maximum absolute atomic E-state index is 13.4. The van der Waals surface area contributed by atoms with Crippen LogP contribution in [0.5, 0.6) is 11.5 Å². The van der Waals surface area contributed by atoms with Crippen molar-refractivity contribution < 1.29 is 24.2 Å². The molecule has 1 aliphatic rings. The number of aliphatic hydroxyl groups excluding tert-OH is 1. The average molecular weight is 506 g/mol. The molecule has 0 saturated heterocycles. The number of anilines is 1. The van der Waals surface area contributed by atoms with Crippen LogP contribution in [0, 0.1) is 6.92 Å². The molecule has 0 saturated carbocycles. The highest BCUT2D eigenvalue weighted by molar-refractivity contribution is 7.15. The summed E-state index contributed by atoms with van der Waals surface area (Å²) < 4.78 is 11.4. The first kappa shape index (κ1) is 25.1. The fraction of sp³-hybridized carbons (Fsp3) is 0.259. The van der Waals surface area contributed by atoms with Crippen molar-refractivity contribution in [1.29, 1.82) is 0 Å². The van der Waals surface area contributed by atoms with Gasteiger partial charge in [-0.05, 0) is 42.7 Å². The fourth-order valence-corrected chi connectivity index (χ4v) is 4.59. The van der Waals surface area contributed by atoms with Gasteiger partial charge < -0.3 is 14.6 Å². The first-order valence-corrected chi connectivity index (χ1v) is 12.4. The number of nitrogens with zero attached hydrogens (tertiary/aromatic N) is 3. The van der Waals surface area contributed by atoms with Gasteiger partial charge in [0.1, 0.15) is 5.01 Å². The van der Waals surface area contributed by atoms with Crippen LogP contribution in [0.2, 0.25) is 0 Å². The minimum absolute atomic E-state index is 0.0401. The molecule has 0 radical (unpaired) electrons. The summed E-state index contributed by atoms with van der Waals surface area (Å²) in [5.41, 5.74) is 1.34. The zero-order valence-electron chi connectivity index (χ0n) is 20.3. The highest BCUT2D eigenvalue weighted by atomic mass is 32.1. The summed E-state index contributed by atoms with van der Waals surface area (Å²) in [5, 5.41) is 19.9. The highest BCUT2D eigenvalue weighted by Gasteiger charge is 2.45. The van der Waals surface area contributed by atoms with Gasteiger partial charge >= 0.3 is 0 Å². The van der Waals surface area contributed by atoms with Crippen LogP contribution in [-0.4, -0.2) is 40.7 Å². The second-order valence-corrected chi connectivity index (χ2v) is 9.32. The summed E-state index contributed by atoms with van der Waals surface area (Å²) in [6.45, 7) is 4.39. The Labute approximate surface area is 213 Å². The first-order valence-electron chi connectivity index (χ1n) is 11.6. The van der Waals surface area contributed by atoms with Crippen LogP contribution in [0.4, 0.5) is 5.13 Å². The number of benzene rings is 2. The lowest BCUT2D eigenvalue weighted by Crippen LogP contribution is -2.30. The second kappa shape index (κ2) is 11.2. The number of aliphatic hydroxyl groups is 1. The van der Waals surface area contributed by atoms with Crippen molar-refractivity contribution in [2.75, 3.05) is 18.6 Å². The molecule has 0 fully saturated rings. The number of carbonyl (C=O) groups is 2. The van der Waals surface area contributed by atoms with E-state index in [-0.39, 0.29) is 10.7 Å². The van der Waals surface area contributed by atoms with Crippen molar-refractivity contribution in [1.82, 2.24) is 10.2 Å². The number of methoxy groups -OCH3 is 1. The molecular formula is C27H27N3O5S. The molecule has 3 aromatic rings. The first-order chi connectivity index (χ1) is 17.4. The van der Waals surface area contributed by atoms with E-state index in [9.17, 15) is 14.7 Å². The van der Waals surface area contributed by atoms with E-state index in [4.69, 9.17) is 9.47 Å². The topological polar surface area (TPSA) is 102 Å². The van der Waals surface area contributed by atoms with Crippen LogP contribution in [0.1, 0.15) is 41.9 Å². The number of aryl methyl sites for hydroxylation is 1. The van der Waals surface area contributed by atoms with E-state index in [1.807, 2.05) is 30.3 Å². The number of allylic oxidation sites excluding steroid dienone is 1. The van der Waals surface area contributed by atoms with E-state index in [0.29, 0.717) is 28.7 Å². The van der Waals surface area contributed by atoms with Gasteiger partial charge in [0.25, 0.3) is 5.91 Å². The monoisotopic (exact) mass is 505 g/mol. The molecule has 1 aromatic heterocycles. The molecule has 0 bridgehead atoms. The van der Waals surface area contributed by atoms with E-state index in [1.165, 1.54) is 29.4 Å². The van der Waals surface area contributed by atoms with Gasteiger partial charge in [0.2, 0.25) is 5.13 Å². The second-order valence-electron chi connectivity index (χ2n) is 8.16. The number of carbonyl (C=O) groups excluding carboxylic acids is 2. The zero-order chi connectivity index (χ0) is 25.7. The smallest absolute Gasteiger partial charge is 0.296 e. The number of ketones is 1. The molecule has 1 aliphatic heterocycles. The summed E-state index contributed by atoms with van der Waals surface area (Å²) in [5.74, 6) is -0.793. The summed E-state index contributed by atoms with van der Waals surface area (Å²) in [7, 11) is 1.53. The third-order valence-electron chi connectivity index (χ3n) is 5.68. The summed E-state index contributed by atoms with van der Waals surface area (Å²) in [4.78, 5) is 27.9. The van der Waals surface area contributed by atoms with E-state index in [2.05, 4.69) is 17.1 Å². The van der Waals surface area contributed by atoms with Crippen molar-refractivity contribution in [3.63, 3.8) is 0 Å². The molecule has 2 heterocycles. The van der Waals surface area contributed by atoms with E-state index in [1.54, 1.807) is 31.2 Å². The number of hydrogen-bond acceptors (Lipinski definition) is 8. The van der Waals surface area contributed by atoms with Gasteiger partial charge in [-0.3, -0.25) is 14.5 Å². The normalized spacial score (nSPS) is 15.7. The van der Waals surface area contributed by atoms with E-state index < -0.39 is 23.5 Å². The standard InChI is InChI=1S/C27H27N3O5S/c1-4-5-15-35-21-14-12-19(16-22(21)34-3)24-23(20(31)13-11-18-9-7-6-8-10-18)25(32)26(33)30(24)27-29-28-17(2)36-27/h6-14,16,24,32H,4-5,15H2,1-3H3/b13-11+. The summed E-state index contributed by atoms with van der Waals surface area (Å²) in [6, 6.07) is 13.6. The van der Waals surface area contributed by atoms with Gasteiger partial charge in [-0.15, -0.1) is 10.2 Å². The molecule has 1 unspecified atom stereocenters. The molecule has 9 heteroatoms. The van der Waals surface area contributed by atoms with Gasteiger partial charge in [0.05, 0.1) is 25.3 Å². The third kappa shape index (κ3) is 5.16. The third-order valence-corrected chi connectivity index (χ3v) is 6.52. The van der Waals surface area contributed by atoms with Crippen molar-refractivity contribution in [3.05, 3.63) is 82.1 Å². The van der Waals surface area contributed by atoms with Gasteiger partial charge in [-0.2, -0.15) is 0 Å². The molecule has 8 nitrogen and oxygen atoms in total. The molecule has 186 valence electrons. The zero-order valence-corrected chi connectivity index (χ0v) is 21.1. The van der Waals surface area contributed by atoms with Crippen LogP contribution in [-0.2, 0) is 9.59 Å². The van der Waals surface area contributed by atoms with Gasteiger partial charge in [-0.25, -0.2) is 0 Å². The maximum Gasteiger partial charge on any atom is 0.296 e. The summed E-state index contributed by atoms with van der Waals surface area (Å²) >= 11 is 1.20. The Hall–Kier alpha value is -3.98. The molecule has 0 spiro atoms. The maximum atomic E-state index is 13.4. The largest absolute Gasteiger partial charge is 0.503 e. The Kier molecular flexibility index (Phi) is 7.80. The van der Waals surface area contributed by atoms with Gasteiger partial charge in [0.15, 0.2) is 23.0 Å². The van der Waals surface area contributed by atoms with Gasteiger partial charge in [0, 0.05) is 0 Å². The molecule has 1 N–H and O–H groups in total. The minimum atomic E-state index is -0.920. The molecular weight excluding hydrogens is 478 g/mol. The number of hydrogen-bond donors (Lipinski definition) is 1. The Morgan fingerprint density at radius 1 is 1.17 bits per heavy atom. The lowest BCUT2D eigenvalue weighted by molar-refractivity contribution is -0.117. The Balaban J connectivity index is 1.76. The molecule has 1 atom stereocenters.